The first-order valence-corrected chi connectivity index (χ1v) is 12.0. The molecule has 0 amide bonds. The van der Waals surface area contributed by atoms with Gasteiger partial charge in [0, 0.05) is 52.3 Å². The minimum atomic E-state index is -0.621. The van der Waals surface area contributed by atoms with E-state index in [0.717, 1.165) is 21.9 Å². The number of aromatic nitrogens is 2. The number of ether oxygens (including phenoxy) is 2. The van der Waals surface area contributed by atoms with Gasteiger partial charge in [0.2, 0.25) is 5.78 Å². The van der Waals surface area contributed by atoms with Gasteiger partial charge in [0.15, 0.2) is 5.76 Å². The van der Waals surface area contributed by atoms with Crippen molar-refractivity contribution in [2.75, 3.05) is 0 Å². The highest BCUT2D eigenvalue weighted by Gasteiger charge is 2.39. The van der Waals surface area contributed by atoms with Gasteiger partial charge in [-0.1, -0.05) is 36.4 Å². The molecule has 1 N–H and O–H groups in total. The van der Waals surface area contributed by atoms with Crippen molar-refractivity contribution in [3.63, 3.8) is 0 Å². The van der Waals surface area contributed by atoms with Crippen LogP contribution in [-0.2, 0) is 11.8 Å². The number of aryl methyl sites for hydroxylation is 1. The Morgan fingerprint density at radius 3 is 2.68 bits per heavy atom. The molecule has 0 saturated carbocycles. The van der Waals surface area contributed by atoms with E-state index in [0.29, 0.717) is 33.7 Å². The highest BCUT2D eigenvalue weighted by atomic mass is 16.5. The fourth-order valence-electron chi connectivity index (χ4n) is 5.42. The number of Topliss-reactive ketones (excluding diaryl/α,β-unsaturated/α-hetero) is 1. The molecule has 2 aliphatic heterocycles. The van der Waals surface area contributed by atoms with Crippen LogP contribution in [0.25, 0.3) is 27.9 Å². The molecule has 180 valence electrons. The largest absolute Gasteiger partial charge is 0.452 e. The summed E-state index contributed by atoms with van der Waals surface area (Å²) in [6.07, 6.45) is 3.65. The second kappa shape index (κ2) is 7.80. The van der Waals surface area contributed by atoms with E-state index in [-0.39, 0.29) is 23.5 Å². The summed E-state index contributed by atoms with van der Waals surface area (Å²) in [5.41, 5.74) is 3.65. The predicted molar refractivity (Wildman–Crippen MR) is 139 cm³/mol. The average molecular weight is 488 g/mol. The van der Waals surface area contributed by atoms with E-state index in [1.807, 2.05) is 66.3 Å². The monoisotopic (exact) mass is 488 g/mol. The minimum absolute atomic E-state index is 0.0369. The van der Waals surface area contributed by atoms with Crippen molar-refractivity contribution in [1.82, 2.24) is 9.55 Å². The number of H-pyrrole nitrogens is 1. The van der Waals surface area contributed by atoms with Crippen molar-refractivity contribution in [3.05, 3.63) is 111 Å². The predicted octanol–water partition coefficient (Wildman–Crippen LogP) is 5.08. The molecule has 0 saturated heterocycles. The molecule has 5 aromatic rings. The molecule has 7 heteroatoms. The summed E-state index contributed by atoms with van der Waals surface area (Å²) in [6.45, 7) is 0. The Bertz CT molecular complexity index is 1890. The number of hydrogen-bond donors (Lipinski definition) is 1. The zero-order chi connectivity index (χ0) is 25.3. The number of fused-ring (bicyclic) bond motifs is 5. The quantitative estimate of drug-likeness (QED) is 0.213. The third-order valence-electron chi connectivity index (χ3n) is 7.15. The van der Waals surface area contributed by atoms with Crippen molar-refractivity contribution < 1.29 is 19.1 Å². The smallest absolute Gasteiger partial charge is 0.312 e. The molecule has 7 nitrogen and oxygen atoms in total. The van der Waals surface area contributed by atoms with Crippen LogP contribution in [0.3, 0.4) is 0 Å². The Kier molecular flexibility index (Phi) is 4.50. The summed E-state index contributed by atoms with van der Waals surface area (Å²) in [6, 6.07) is 20.4. The fraction of sp³-hybridized carbons (Fsp3) is 0.100. The summed E-state index contributed by atoms with van der Waals surface area (Å²) in [7, 11) is 1.95. The van der Waals surface area contributed by atoms with Crippen LogP contribution in [0.15, 0.2) is 83.5 Å². The molecule has 7 rings (SSSR count). The third-order valence-corrected chi connectivity index (χ3v) is 7.15. The van der Waals surface area contributed by atoms with Gasteiger partial charge in [-0.25, -0.2) is 0 Å². The van der Waals surface area contributed by atoms with Crippen LogP contribution in [0.1, 0.15) is 39.4 Å². The molecule has 0 radical (unpaired) electrons. The van der Waals surface area contributed by atoms with E-state index in [9.17, 15) is 14.4 Å². The van der Waals surface area contributed by atoms with Gasteiger partial charge in [0.1, 0.15) is 11.5 Å². The van der Waals surface area contributed by atoms with Gasteiger partial charge in [0.25, 0.3) is 5.56 Å². The van der Waals surface area contributed by atoms with Gasteiger partial charge in [-0.15, -0.1) is 0 Å². The highest BCUT2D eigenvalue weighted by Crippen LogP contribution is 2.48. The Morgan fingerprint density at radius 1 is 0.973 bits per heavy atom. The number of benzene rings is 3. The lowest BCUT2D eigenvalue weighted by atomic mass is 9.85. The fourth-order valence-corrected chi connectivity index (χ4v) is 5.42. The first-order chi connectivity index (χ1) is 18.0. The van der Waals surface area contributed by atoms with Crippen molar-refractivity contribution in [3.8, 4) is 11.5 Å². The average Bonchev–Trinajstić information content (AvgIpc) is 3.39. The lowest BCUT2D eigenvalue weighted by molar-refractivity contribution is -0.135. The molecule has 0 aliphatic carbocycles. The number of esters is 1. The van der Waals surface area contributed by atoms with Gasteiger partial charge >= 0.3 is 5.97 Å². The Morgan fingerprint density at radius 2 is 1.78 bits per heavy atom. The van der Waals surface area contributed by atoms with Crippen molar-refractivity contribution in [2.24, 2.45) is 7.05 Å². The van der Waals surface area contributed by atoms with E-state index < -0.39 is 11.9 Å². The maximum absolute atomic E-state index is 13.4. The van der Waals surface area contributed by atoms with Gasteiger partial charge in [0.05, 0.1) is 12.0 Å². The number of allylic oxidation sites excluding steroid dienone is 1. The summed E-state index contributed by atoms with van der Waals surface area (Å²) in [4.78, 5) is 42.0. The second-order valence-corrected chi connectivity index (χ2v) is 9.38. The number of rotatable bonds is 2. The molecule has 0 fully saturated rings. The summed E-state index contributed by atoms with van der Waals surface area (Å²) >= 11 is 0. The molecule has 0 unspecified atom stereocenters. The van der Waals surface area contributed by atoms with E-state index in [1.54, 1.807) is 24.3 Å². The molecule has 4 heterocycles. The molecule has 37 heavy (non-hydrogen) atoms. The van der Waals surface area contributed by atoms with Crippen LogP contribution in [-0.4, -0.2) is 21.3 Å². The molecule has 1 atom stereocenters. The van der Waals surface area contributed by atoms with Crippen LogP contribution in [0, 0.1) is 0 Å². The molecule has 2 aromatic heterocycles. The number of carbonyl (C=O) groups is 2. The van der Waals surface area contributed by atoms with Crippen molar-refractivity contribution in [1.29, 1.82) is 0 Å². The number of ketones is 1. The molecule has 0 bridgehead atoms. The summed E-state index contributed by atoms with van der Waals surface area (Å²) in [5.74, 6) is -0.507. The van der Waals surface area contributed by atoms with E-state index in [2.05, 4.69) is 4.98 Å². The van der Waals surface area contributed by atoms with Gasteiger partial charge in [-0.05, 0) is 41.8 Å². The maximum Gasteiger partial charge on any atom is 0.312 e. The second-order valence-electron chi connectivity index (χ2n) is 9.38. The first-order valence-electron chi connectivity index (χ1n) is 12.0. The van der Waals surface area contributed by atoms with Crippen LogP contribution >= 0.6 is 0 Å². The van der Waals surface area contributed by atoms with Crippen LogP contribution in [0.5, 0.6) is 11.5 Å². The lowest BCUT2D eigenvalue weighted by Crippen LogP contribution is -2.26. The van der Waals surface area contributed by atoms with Crippen molar-refractivity contribution in [2.45, 2.75) is 12.3 Å². The summed E-state index contributed by atoms with van der Waals surface area (Å²) < 4.78 is 13.7. The standard InChI is InChI=1S/C30H20N2O5/c1-32-15-17(18-7-3-5-9-23(18)32)13-25-28(34)19-10-11-24-27(29(19)37-25)20(14-26(33)36-24)21-12-16-6-2-4-8-22(16)31-30(21)35/h2-13,15,20H,14H2,1H3,(H,31,35)/b25-13-/t20-/m1/s1. The third kappa shape index (κ3) is 3.24. The molecular weight excluding hydrogens is 468 g/mol. The van der Waals surface area contributed by atoms with Gasteiger partial charge < -0.3 is 19.0 Å². The number of carbonyl (C=O) groups excluding carboxylic acids is 2. The maximum atomic E-state index is 13.4. The molecule has 0 spiro atoms. The van der Waals surface area contributed by atoms with Crippen LogP contribution in [0.2, 0.25) is 0 Å². The lowest BCUT2D eigenvalue weighted by Gasteiger charge is -2.26. The molecule has 2 aliphatic rings. The van der Waals surface area contributed by atoms with Crippen LogP contribution in [0.4, 0.5) is 0 Å². The van der Waals surface area contributed by atoms with Gasteiger partial charge in [-0.3, -0.25) is 14.4 Å². The highest BCUT2D eigenvalue weighted by molar-refractivity contribution is 6.15. The van der Waals surface area contributed by atoms with E-state index in [4.69, 9.17) is 9.47 Å². The SMILES string of the molecule is Cn1cc(/C=C2\Oc3c(ccc4c3[C@@H](c3cc5ccccc5[nH]c3=O)CC(=O)O4)C2=O)c2ccccc21. The first kappa shape index (κ1) is 21.4. The Labute approximate surface area is 210 Å². The number of para-hydroxylation sites is 2. The zero-order valence-corrected chi connectivity index (χ0v) is 19.8. The Balaban J connectivity index is 1.38. The van der Waals surface area contributed by atoms with E-state index in [1.165, 1.54) is 0 Å². The number of hydrogen-bond acceptors (Lipinski definition) is 5. The number of pyridine rings is 1. The van der Waals surface area contributed by atoms with E-state index >= 15 is 0 Å². The summed E-state index contributed by atoms with van der Waals surface area (Å²) in [5, 5.41) is 1.85. The minimum Gasteiger partial charge on any atom is -0.452 e. The van der Waals surface area contributed by atoms with Crippen LogP contribution < -0.4 is 15.0 Å². The van der Waals surface area contributed by atoms with Gasteiger partial charge in [-0.2, -0.15) is 0 Å². The van der Waals surface area contributed by atoms with Crippen molar-refractivity contribution >= 4 is 39.6 Å². The zero-order valence-electron chi connectivity index (χ0n) is 19.8. The number of nitrogens with zero attached hydrogens (tertiary/aromatic N) is 1. The number of nitrogens with one attached hydrogen (secondary N) is 1. The topological polar surface area (TPSA) is 90.4 Å². The Hall–Kier alpha value is -4.91. The molecular formula is C30H20N2O5. The molecule has 3 aromatic carbocycles. The number of aromatic amines is 1. The normalized spacial score (nSPS) is 17.6.